The van der Waals surface area contributed by atoms with Crippen LogP contribution in [0.4, 0.5) is 31.5 Å². The van der Waals surface area contributed by atoms with Gasteiger partial charge in [-0.1, -0.05) is 15.9 Å². The molecule has 19 heteroatoms. The maximum atomic E-state index is 12.9. The van der Waals surface area contributed by atoms with E-state index in [4.69, 9.17) is 0 Å². The first-order chi connectivity index (χ1) is 21.9. The number of benzene rings is 2. The van der Waals surface area contributed by atoms with Crippen molar-refractivity contribution >= 4 is 50.5 Å². The molecule has 0 spiro atoms. The molecule has 2 aromatic heterocycles. The molecule has 0 radical (unpaired) electrons. The molecule has 252 valence electrons. The number of carbonyl (C=O) groups excluding carboxylic acids is 2. The van der Waals surface area contributed by atoms with E-state index < -0.39 is 38.7 Å². The van der Waals surface area contributed by atoms with Crippen LogP contribution in [0.25, 0.3) is 0 Å². The number of alkyl halides is 1. The van der Waals surface area contributed by atoms with Crippen LogP contribution in [0.2, 0.25) is 0 Å². The largest absolute Gasteiger partial charge is 0.379 e. The Bertz CT molecular complexity index is 1710. The van der Waals surface area contributed by atoms with Crippen LogP contribution in [0.3, 0.4) is 0 Å². The lowest BCUT2D eigenvalue weighted by Gasteiger charge is -2.22. The molecule has 4 aromatic rings. The fourth-order valence-electron chi connectivity index (χ4n) is 3.52. The number of aromatic amines is 1. The predicted octanol–water partition coefficient (Wildman–Crippen LogP) is 4.16. The molecule has 4 rings (SSSR count). The highest BCUT2D eigenvalue weighted by molar-refractivity contribution is 9.09. The third-order valence-corrected chi connectivity index (χ3v) is 7.17. The first-order valence-corrected chi connectivity index (χ1v) is 14.4. The van der Waals surface area contributed by atoms with Crippen molar-refractivity contribution < 1.29 is 38.4 Å². The molecule has 0 saturated heterocycles. The standard InChI is InChI=1S/C14H15FN4O4.C11H13BrN2O4.C3H3FN2/c1-9-5-11(3-4-12(9)19(22)23)17-13(20)14(2,21)8-18-7-10(15)6-16-18;1-7-5-8(3-4-9(7)14(17)18)13-10(15)11(2,16)6-12;4-3-1-5-6-2-3/h3-7,21H,8H2,1-2H3,(H,17,20);3-5,16H,6H2,1-2H3,(H,13,15);1-2H,(H,5,6)/t14-;11-;/m00./s1. The van der Waals surface area contributed by atoms with Gasteiger partial charge in [-0.15, -0.1) is 0 Å². The Morgan fingerprint density at radius 3 is 1.72 bits per heavy atom. The fraction of sp³-hybridized carbons (Fsp3) is 0.286. The summed E-state index contributed by atoms with van der Waals surface area (Å²) in [4.78, 5) is 44.2. The molecular formula is C28H31BrF2N8O8. The van der Waals surface area contributed by atoms with Crippen LogP contribution in [0.15, 0.2) is 61.2 Å². The number of amides is 2. The summed E-state index contributed by atoms with van der Waals surface area (Å²) in [6.45, 7) is 5.51. The minimum absolute atomic E-state index is 0.0137. The van der Waals surface area contributed by atoms with E-state index in [-0.39, 0.29) is 29.1 Å². The van der Waals surface area contributed by atoms with Gasteiger partial charge in [0, 0.05) is 40.0 Å². The van der Waals surface area contributed by atoms with Gasteiger partial charge < -0.3 is 20.8 Å². The number of rotatable bonds is 9. The molecule has 0 unspecified atom stereocenters. The molecule has 0 aliphatic heterocycles. The maximum absolute atomic E-state index is 12.9. The van der Waals surface area contributed by atoms with E-state index in [0.29, 0.717) is 22.5 Å². The number of nitro groups is 2. The summed E-state index contributed by atoms with van der Waals surface area (Å²) >= 11 is 3.03. The number of nitrogens with zero attached hydrogens (tertiary/aromatic N) is 5. The number of hydrogen-bond donors (Lipinski definition) is 5. The number of halogens is 3. The molecule has 47 heavy (non-hydrogen) atoms. The quantitative estimate of drug-likeness (QED) is 0.0939. The lowest BCUT2D eigenvalue weighted by Crippen LogP contribution is -2.43. The summed E-state index contributed by atoms with van der Waals surface area (Å²) in [5, 5.41) is 55.7. The summed E-state index contributed by atoms with van der Waals surface area (Å²) in [6, 6.07) is 8.29. The van der Waals surface area contributed by atoms with Crippen LogP contribution in [-0.2, 0) is 16.1 Å². The van der Waals surface area contributed by atoms with E-state index in [2.05, 4.69) is 41.9 Å². The molecule has 2 heterocycles. The Morgan fingerprint density at radius 1 is 0.915 bits per heavy atom. The van der Waals surface area contributed by atoms with E-state index in [1.807, 2.05) is 0 Å². The van der Waals surface area contributed by atoms with Crippen molar-refractivity contribution in [1.29, 1.82) is 0 Å². The molecule has 2 aromatic carbocycles. The van der Waals surface area contributed by atoms with Crippen LogP contribution < -0.4 is 10.6 Å². The highest BCUT2D eigenvalue weighted by Gasteiger charge is 2.32. The van der Waals surface area contributed by atoms with Gasteiger partial charge in [0.2, 0.25) is 0 Å². The molecule has 0 aliphatic carbocycles. The summed E-state index contributed by atoms with van der Waals surface area (Å²) < 4.78 is 25.6. The van der Waals surface area contributed by atoms with Gasteiger partial charge in [-0.25, -0.2) is 8.78 Å². The van der Waals surface area contributed by atoms with Gasteiger partial charge in [-0.3, -0.25) is 39.6 Å². The second-order valence-electron chi connectivity index (χ2n) is 10.4. The van der Waals surface area contributed by atoms with Crippen LogP contribution in [0, 0.1) is 45.7 Å². The average molecular weight is 726 g/mol. The topological polar surface area (TPSA) is 231 Å². The predicted molar refractivity (Wildman–Crippen MR) is 169 cm³/mol. The highest BCUT2D eigenvalue weighted by atomic mass is 79.9. The third kappa shape index (κ3) is 11.6. The number of carbonyl (C=O) groups is 2. The Balaban J connectivity index is 0.000000283. The smallest absolute Gasteiger partial charge is 0.272 e. The summed E-state index contributed by atoms with van der Waals surface area (Å²) in [5.74, 6) is -2.21. The Hall–Kier alpha value is -5.14. The average Bonchev–Trinajstić information content (AvgIpc) is 3.63. The van der Waals surface area contributed by atoms with Crippen LogP contribution in [-0.4, -0.2) is 68.4 Å². The minimum atomic E-state index is -1.84. The van der Waals surface area contributed by atoms with Gasteiger partial charge in [0.1, 0.15) is 5.60 Å². The monoisotopic (exact) mass is 724 g/mol. The first kappa shape index (κ1) is 38.0. The molecular weight excluding hydrogens is 694 g/mol. The SMILES string of the molecule is Cc1cc(NC(=O)[C@@](C)(O)CBr)ccc1[N+](=O)[O-].Cc1cc(NC(=O)[C@@](C)(O)Cn2cc(F)cn2)ccc1[N+](=O)[O-].Fc1cn[nH]c1. The molecule has 5 N–H and O–H groups in total. The summed E-state index contributed by atoms with van der Waals surface area (Å²) in [6.07, 6.45) is 4.31. The van der Waals surface area contributed by atoms with Crippen molar-refractivity contribution in [3.05, 3.63) is 104 Å². The number of anilines is 2. The molecule has 16 nitrogen and oxygen atoms in total. The third-order valence-electron chi connectivity index (χ3n) is 6.08. The molecule has 0 fully saturated rings. The van der Waals surface area contributed by atoms with E-state index >= 15 is 0 Å². The molecule has 0 bridgehead atoms. The van der Waals surface area contributed by atoms with Crippen molar-refractivity contribution in [3.63, 3.8) is 0 Å². The highest BCUT2D eigenvalue weighted by Crippen LogP contribution is 2.24. The molecule has 0 saturated carbocycles. The van der Waals surface area contributed by atoms with E-state index in [9.17, 15) is 48.8 Å². The van der Waals surface area contributed by atoms with Crippen molar-refractivity contribution in [2.75, 3.05) is 16.0 Å². The number of aliphatic hydroxyl groups is 2. The molecule has 2 amide bonds. The molecule has 2 atom stereocenters. The van der Waals surface area contributed by atoms with Gasteiger partial charge in [0.25, 0.3) is 23.2 Å². The number of aromatic nitrogens is 4. The zero-order valence-electron chi connectivity index (χ0n) is 25.4. The lowest BCUT2D eigenvalue weighted by molar-refractivity contribution is -0.385. The first-order valence-electron chi connectivity index (χ1n) is 13.3. The Morgan fingerprint density at radius 2 is 1.40 bits per heavy atom. The van der Waals surface area contributed by atoms with Crippen molar-refractivity contribution in [2.45, 2.75) is 45.4 Å². The Kier molecular flexibility index (Phi) is 13.3. The zero-order valence-corrected chi connectivity index (χ0v) is 27.0. The van der Waals surface area contributed by atoms with E-state index in [1.165, 1.54) is 56.4 Å². The van der Waals surface area contributed by atoms with Crippen molar-refractivity contribution in [3.8, 4) is 0 Å². The van der Waals surface area contributed by atoms with Crippen molar-refractivity contribution in [1.82, 2.24) is 20.0 Å². The molecule has 0 aliphatic rings. The van der Waals surface area contributed by atoms with Gasteiger partial charge in [0.05, 0.1) is 41.2 Å². The van der Waals surface area contributed by atoms with Gasteiger partial charge in [-0.2, -0.15) is 10.2 Å². The maximum Gasteiger partial charge on any atom is 0.272 e. The van der Waals surface area contributed by atoms with Crippen molar-refractivity contribution in [2.24, 2.45) is 0 Å². The van der Waals surface area contributed by atoms with Crippen LogP contribution >= 0.6 is 15.9 Å². The number of H-pyrrole nitrogens is 1. The summed E-state index contributed by atoms with van der Waals surface area (Å²) in [7, 11) is 0. The number of nitro benzene ring substituents is 2. The second-order valence-corrected chi connectivity index (χ2v) is 10.9. The normalized spacial score (nSPS) is 13.0. The van der Waals surface area contributed by atoms with E-state index in [1.54, 1.807) is 13.8 Å². The second kappa shape index (κ2) is 16.4. The summed E-state index contributed by atoms with van der Waals surface area (Å²) in [5.41, 5.74) is -1.92. The van der Waals surface area contributed by atoms with Gasteiger partial charge >= 0.3 is 0 Å². The van der Waals surface area contributed by atoms with Crippen LogP contribution in [0.5, 0.6) is 0 Å². The minimum Gasteiger partial charge on any atom is -0.379 e. The zero-order chi connectivity index (χ0) is 35.5. The fourth-order valence-corrected chi connectivity index (χ4v) is 3.77. The van der Waals surface area contributed by atoms with Crippen LogP contribution in [0.1, 0.15) is 25.0 Å². The number of nitrogens with one attached hydrogen (secondary N) is 3. The van der Waals surface area contributed by atoms with Gasteiger partial charge in [-0.05, 0) is 52.0 Å². The Labute approximate surface area is 274 Å². The number of hydrogen-bond acceptors (Lipinski definition) is 10. The van der Waals surface area contributed by atoms with E-state index in [0.717, 1.165) is 23.3 Å². The number of aryl methyl sites for hydroxylation is 2. The van der Waals surface area contributed by atoms with Gasteiger partial charge in [0.15, 0.2) is 17.2 Å². The lowest BCUT2D eigenvalue weighted by atomic mass is 10.1.